The lowest BCUT2D eigenvalue weighted by Gasteiger charge is -2.39. The summed E-state index contributed by atoms with van der Waals surface area (Å²) < 4.78 is 44.1. The van der Waals surface area contributed by atoms with Gasteiger partial charge in [0.05, 0.1) is 7.11 Å². The molecule has 3 unspecified atom stereocenters. The number of halogens is 3. The number of rotatable bonds is 6. The Morgan fingerprint density at radius 3 is 2.69 bits per heavy atom. The Kier molecular flexibility index (Phi) is 4.88. The molecular formula is C21H21F3N2O3. The second-order valence-corrected chi connectivity index (χ2v) is 7.58. The van der Waals surface area contributed by atoms with E-state index >= 15 is 0 Å². The standard InChI is InChI=1S/C21H21F3N2O3/c1-29-20(28)16(9-11-10-25-15-8-3-2-5-12(11)15)26-18-14-7-4-6-13(14)17(18)19(27)21(22,23)24/h2-3,5,8,10,13-14,16,25-26H,4,6-7,9H2,1H3. The number of hydrogen-bond acceptors (Lipinski definition) is 4. The zero-order valence-corrected chi connectivity index (χ0v) is 15.8. The maximum atomic E-state index is 13.1. The summed E-state index contributed by atoms with van der Waals surface area (Å²) >= 11 is 0. The molecule has 0 spiro atoms. The van der Waals surface area contributed by atoms with Crippen molar-refractivity contribution in [2.45, 2.75) is 37.9 Å². The summed E-state index contributed by atoms with van der Waals surface area (Å²) in [5.41, 5.74) is 1.78. The summed E-state index contributed by atoms with van der Waals surface area (Å²) in [5, 5.41) is 3.88. The predicted octanol–water partition coefficient (Wildman–Crippen LogP) is 3.66. The minimum Gasteiger partial charge on any atom is -0.467 e. The van der Waals surface area contributed by atoms with Crippen LogP contribution < -0.4 is 5.32 Å². The van der Waals surface area contributed by atoms with Gasteiger partial charge in [-0.3, -0.25) is 4.79 Å². The largest absolute Gasteiger partial charge is 0.467 e. The molecule has 0 saturated heterocycles. The number of para-hydroxylation sites is 1. The summed E-state index contributed by atoms with van der Waals surface area (Å²) in [4.78, 5) is 27.5. The van der Waals surface area contributed by atoms with E-state index < -0.39 is 24.0 Å². The van der Waals surface area contributed by atoms with Gasteiger partial charge in [-0.15, -0.1) is 0 Å². The Bertz CT molecular complexity index is 992. The fourth-order valence-electron chi connectivity index (χ4n) is 4.63. The minimum atomic E-state index is -4.92. The van der Waals surface area contributed by atoms with Crippen molar-refractivity contribution in [2.75, 3.05) is 7.11 Å². The number of benzene rings is 1. The molecule has 1 saturated carbocycles. The van der Waals surface area contributed by atoms with Crippen LogP contribution in [0.25, 0.3) is 10.9 Å². The number of H-pyrrole nitrogens is 1. The zero-order valence-electron chi connectivity index (χ0n) is 15.8. The number of alkyl halides is 3. The SMILES string of the molecule is COC(=O)C(Cc1c[nH]c2ccccc12)NC1=C(C(=O)C(F)(F)F)C2CCCC12. The number of carbonyl (C=O) groups is 2. The van der Waals surface area contributed by atoms with Crippen molar-refractivity contribution in [3.63, 3.8) is 0 Å². The van der Waals surface area contributed by atoms with E-state index in [2.05, 4.69) is 10.3 Å². The summed E-state index contributed by atoms with van der Waals surface area (Å²) in [6.45, 7) is 0. The van der Waals surface area contributed by atoms with Crippen LogP contribution in [0.15, 0.2) is 41.7 Å². The molecule has 2 aromatic rings. The van der Waals surface area contributed by atoms with Gasteiger partial charge in [-0.1, -0.05) is 24.6 Å². The molecule has 0 amide bonds. The van der Waals surface area contributed by atoms with Gasteiger partial charge in [0.15, 0.2) is 0 Å². The van der Waals surface area contributed by atoms with E-state index in [1.165, 1.54) is 7.11 Å². The Morgan fingerprint density at radius 2 is 1.97 bits per heavy atom. The average Bonchev–Trinajstić information content (AvgIpc) is 3.28. The fraction of sp³-hybridized carbons (Fsp3) is 0.429. The van der Waals surface area contributed by atoms with Gasteiger partial charge in [0, 0.05) is 40.7 Å². The van der Waals surface area contributed by atoms with Gasteiger partial charge in [-0.2, -0.15) is 13.2 Å². The third-order valence-electron chi connectivity index (χ3n) is 5.96. The van der Waals surface area contributed by atoms with Crippen LogP contribution in [0.4, 0.5) is 13.2 Å². The highest BCUT2D eigenvalue weighted by atomic mass is 19.4. The summed E-state index contributed by atoms with van der Waals surface area (Å²) in [6.07, 6.45) is -0.877. The lowest BCUT2D eigenvalue weighted by atomic mass is 9.71. The van der Waals surface area contributed by atoms with Crippen LogP contribution in [-0.2, 0) is 20.7 Å². The second kappa shape index (κ2) is 7.24. The second-order valence-electron chi connectivity index (χ2n) is 7.58. The molecule has 1 aromatic heterocycles. The van der Waals surface area contributed by atoms with E-state index in [0.29, 0.717) is 12.8 Å². The van der Waals surface area contributed by atoms with E-state index in [-0.39, 0.29) is 29.5 Å². The lowest BCUT2D eigenvalue weighted by Crippen LogP contribution is -2.48. The number of fused-ring (bicyclic) bond motifs is 2. The van der Waals surface area contributed by atoms with Gasteiger partial charge in [0.1, 0.15) is 6.04 Å². The van der Waals surface area contributed by atoms with Crippen molar-refractivity contribution in [1.82, 2.24) is 10.3 Å². The van der Waals surface area contributed by atoms with Crippen molar-refractivity contribution in [2.24, 2.45) is 11.8 Å². The molecule has 154 valence electrons. The Morgan fingerprint density at radius 1 is 1.24 bits per heavy atom. The number of hydrogen-bond donors (Lipinski definition) is 2. The molecule has 29 heavy (non-hydrogen) atoms. The van der Waals surface area contributed by atoms with Gasteiger partial charge < -0.3 is 15.0 Å². The molecule has 1 aromatic carbocycles. The van der Waals surface area contributed by atoms with E-state index in [0.717, 1.165) is 22.9 Å². The predicted molar refractivity (Wildman–Crippen MR) is 99.9 cm³/mol. The Balaban J connectivity index is 1.64. The molecule has 8 heteroatoms. The van der Waals surface area contributed by atoms with Gasteiger partial charge in [0.25, 0.3) is 5.78 Å². The highest BCUT2D eigenvalue weighted by Crippen LogP contribution is 2.52. The first-order valence-electron chi connectivity index (χ1n) is 9.56. The first kappa shape index (κ1) is 19.5. The smallest absolute Gasteiger partial charge is 0.454 e. The number of aromatic nitrogens is 1. The molecule has 1 heterocycles. The minimum absolute atomic E-state index is 0.133. The first-order valence-corrected chi connectivity index (χ1v) is 9.56. The Labute approximate surface area is 165 Å². The van der Waals surface area contributed by atoms with Gasteiger partial charge in [0.2, 0.25) is 0 Å². The molecular weight excluding hydrogens is 385 g/mol. The molecule has 3 atom stereocenters. The molecule has 2 N–H and O–H groups in total. The van der Waals surface area contributed by atoms with Crippen molar-refractivity contribution in [3.05, 3.63) is 47.3 Å². The number of esters is 1. The zero-order chi connectivity index (χ0) is 20.8. The van der Waals surface area contributed by atoms with E-state index in [1.807, 2.05) is 24.3 Å². The van der Waals surface area contributed by atoms with Crippen LogP contribution in [-0.4, -0.2) is 36.1 Å². The molecule has 0 radical (unpaired) electrons. The number of Topliss-reactive ketones (excluding diaryl/α,β-unsaturated/α-hetero) is 1. The van der Waals surface area contributed by atoms with Crippen LogP contribution in [0, 0.1) is 11.8 Å². The number of methoxy groups -OCH3 is 1. The first-order chi connectivity index (χ1) is 13.8. The maximum absolute atomic E-state index is 13.1. The highest BCUT2D eigenvalue weighted by molar-refractivity contribution is 6.02. The lowest BCUT2D eigenvalue weighted by molar-refractivity contribution is -0.168. The van der Waals surface area contributed by atoms with Gasteiger partial charge in [-0.25, -0.2) is 4.79 Å². The van der Waals surface area contributed by atoms with Crippen LogP contribution in [0.3, 0.4) is 0 Å². The number of carbonyl (C=O) groups excluding carboxylic acids is 2. The van der Waals surface area contributed by atoms with Crippen molar-refractivity contribution in [3.8, 4) is 0 Å². The quantitative estimate of drug-likeness (QED) is 0.719. The molecule has 5 nitrogen and oxygen atoms in total. The molecule has 4 rings (SSSR count). The topological polar surface area (TPSA) is 71.2 Å². The van der Waals surface area contributed by atoms with Crippen LogP contribution in [0.1, 0.15) is 24.8 Å². The summed E-state index contributed by atoms with van der Waals surface area (Å²) in [6, 6.07) is 6.68. The monoisotopic (exact) mass is 406 g/mol. The van der Waals surface area contributed by atoms with Crippen molar-refractivity contribution in [1.29, 1.82) is 0 Å². The summed E-state index contributed by atoms with van der Waals surface area (Å²) in [7, 11) is 1.24. The third-order valence-corrected chi connectivity index (χ3v) is 5.96. The fourth-order valence-corrected chi connectivity index (χ4v) is 4.63. The number of ether oxygens (including phenoxy) is 1. The van der Waals surface area contributed by atoms with E-state index in [1.54, 1.807) is 6.20 Å². The number of ketones is 1. The molecule has 0 bridgehead atoms. The van der Waals surface area contributed by atoms with E-state index in [4.69, 9.17) is 4.74 Å². The molecule has 2 aliphatic rings. The van der Waals surface area contributed by atoms with Crippen molar-refractivity contribution < 1.29 is 27.5 Å². The number of allylic oxidation sites excluding steroid dienone is 2. The molecule has 0 aliphatic heterocycles. The molecule has 2 aliphatic carbocycles. The number of aromatic amines is 1. The molecule has 1 fully saturated rings. The van der Waals surface area contributed by atoms with Crippen LogP contribution >= 0.6 is 0 Å². The van der Waals surface area contributed by atoms with E-state index in [9.17, 15) is 22.8 Å². The van der Waals surface area contributed by atoms with Gasteiger partial charge in [-0.05, 0) is 30.4 Å². The van der Waals surface area contributed by atoms with Crippen LogP contribution in [0.2, 0.25) is 0 Å². The highest BCUT2D eigenvalue weighted by Gasteiger charge is 2.53. The maximum Gasteiger partial charge on any atom is 0.454 e. The average molecular weight is 406 g/mol. The third kappa shape index (κ3) is 3.41. The number of nitrogens with one attached hydrogen (secondary N) is 2. The Hall–Kier alpha value is -2.77. The summed E-state index contributed by atoms with van der Waals surface area (Å²) in [5.74, 6) is -2.90. The normalized spacial score (nSPS) is 22.2. The van der Waals surface area contributed by atoms with Crippen LogP contribution in [0.5, 0.6) is 0 Å². The van der Waals surface area contributed by atoms with Crippen molar-refractivity contribution >= 4 is 22.7 Å². The van der Waals surface area contributed by atoms with Gasteiger partial charge >= 0.3 is 12.1 Å².